The Bertz CT molecular complexity index is 1550. The topological polar surface area (TPSA) is 102 Å². The Morgan fingerprint density at radius 3 is 2.66 bits per heavy atom. The lowest BCUT2D eigenvalue weighted by atomic mass is 9.96. The molecule has 1 atom stereocenters. The molecule has 4 aromatic rings. The van der Waals surface area contributed by atoms with Crippen LogP contribution in [0.1, 0.15) is 43.0 Å². The number of hydrogen-bond donors (Lipinski definition) is 1. The number of hydrogen-bond acceptors (Lipinski definition) is 8. The van der Waals surface area contributed by atoms with Gasteiger partial charge < -0.3 is 14.6 Å². The van der Waals surface area contributed by atoms with Crippen molar-refractivity contribution >= 4 is 44.1 Å². The first-order valence-corrected chi connectivity index (χ1v) is 13.2. The Hall–Kier alpha value is -4.24. The van der Waals surface area contributed by atoms with Gasteiger partial charge in [0.1, 0.15) is 17.3 Å². The molecule has 0 spiro atoms. The maximum atomic E-state index is 13.5. The van der Waals surface area contributed by atoms with E-state index in [0.29, 0.717) is 46.5 Å². The smallest absolute Gasteiger partial charge is 0.301 e. The van der Waals surface area contributed by atoms with Crippen LogP contribution in [0.25, 0.3) is 16.0 Å². The first kappa shape index (κ1) is 25.4. The lowest BCUT2D eigenvalue weighted by Gasteiger charge is -2.22. The van der Waals surface area contributed by atoms with E-state index in [9.17, 15) is 14.7 Å². The number of carbonyl (C=O) groups excluding carboxylic acids is 2. The van der Waals surface area contributed by atoms with Crippen LogP contribution >= 0.6 is 11.3 Å². The molecule has 5 rings (SSSR count). The molecule has 1 amide bonds. The number of fused-ring (bicyclic) bond motifs is 1. The van der Waals surface area contributed by atoms with Gasteiger partial charge in [0.25, 0.3) is 5.78 Å². The largest absolute Gasteiger partial charge is 0.507 e. The van der Waals surface area contributed by atoms with Gasteiger partial charge >= 0.3 is 5.91 Å². The van der Waals surface area contributed by atoms with Crippen LogP contribution in [-0.2, 0) is 9.59 Å². The van der Waals surface area contributed by atoms with Gasteiger partial charge in [0.15, 0.2) is 5.13 Å². The third-order valence-corrected chi connectivity index (χ3v) is 7.24. The van der Waals surface area contributed by atoms with Gasteiger partial charge in [0.05, 0.1) is 35.0 Å². The van der Waals surface area contributed by atoms with Crippen LogP contribution in [0.3, 0.4) is 0 Å². The highest BCUT2D eigenvalue weighted by molar-refractivity contribution is 7.22. The van der Waals surface area contributed by atoms with E-state index in [1.807, 2.05) is 39.0 Å². The number of amides is 1. The van der Waals surface area contributed by atoms with Crippen LogP contribution in [-0.4, -0.2) is 40.0 Å². The number of aryl methyl sites for hydroxylation is 1. The summed E-state index contributed by atoms with van der Waals surface area (Å²) in [4.78, 5) is 37.1. The predicted molar refractivity (Wildman–Crippen MR) is 147 cm³/mol. The number of anilines is 1. The van der Waals surface area contributed by atoms with Crippen molar-refractivity contribution in [1.29, 1.82) is 0 Å². The number of thiazole rings is 1. The van der Waals surface area contributed by atoms with E-state index in [2.05, 4.69) is 9.97 Å². The van der Waals surface area contributed by atoms with Crippen LogP contribution in [0.2, 0.25) is 0 Å². The average molecular weight is 530 g/mol. The van der Waals surface area contributed by atoms with Crippen molar-refractivity contribution in [3.63, 3.8) is 0 Å². The van der Waals surface area contributed by atoms with Gasteiger partial charge in [-0.3, -0.25) is 19.5 Å². The van der Waals surface area contributed by atoms with Crippen molar-refractivity contribution in [2.45, 2.75) is 33.2 Å². The molecule has 2 aromatic heterocycles. The minimum absolute atomic E-state index is 0.0149. The Kier molecular flexibility index (Phi) is 7.11. The van der Waals surface area contributed by atoms with E-state index >= 15 is 0 Å². The van der Waals surface area contributed by atoms with Crippen LogP contribution in [0.15, 0.2) is 66.5 Å². The molecule has 1 aliphatic rings. The van der Waals surface area contributed by atoms with Gasteiger partial charge in [-0.25, -0.2) is 4.98 Å². The summed E-state index contributed by atoms with van der Waals surface area (Å²) in [6, 6.07) is 13.3. The summed E-state index contributed by atoms with van der Waals surface area (Å²) >= 11 is 1.28. The van der Waals surface area contributed by atoms with Gasteiger partial charge in [-0.1, -0.05) is 24.3 Å². The van der Waals surface area contributed by atoms with Gasteiger partial charge in [-0.15, -0.1) is 0 Å². The molecule has 0 bridgehead atoms. The van der Waals surface area contributed by atoms with E-state index in [1.54, 1.807) is 42.7 Å². The number of pyridine rings is 1. The van der Waals surface area contributed by atoms with Crippen LogP contribution in [0.4, 0.5) is 5.13 Å². The van der Waals surface area contributed by atoms with Gasteiger partial charge in [0.2, 0.25) is 0 Å². The molecule has 1 fully saturated rings. The van der Waals surface area contributed by atoms with E-state index in [0.717, 1.165) is 16.7 Å². The second kappa shape index (κ2) is 10.6. The minimum Gasteiger partial charge on any atom is -0.507 e. The Labute approximate surface area is 224 Å². The molecule has 0 aliphatic carbocycles. The van der Waals surface area contributed by atoms with Crippen molar-refractivity contribution in [2.75, 3.05) is 18.1 Å². The van der Waals surface area contributed by atoms with E-state index in [4.69, 9.17) is 9.47 Å². The quantitative estimate of drug-likeness (QED) is 0.174. The number of aliphatic hydroxyl groups is 1. The number of ketones is 1. The number of aromatic nitrogens is 2. The molecule has 38 heavy (non-hydrogen) atoms. The molecule has 0 radical (unpaired) electrons. The summed E-state index contributed by atoms with van der Waals surface area (Å²) in [5, 5.41) is 11.8. The Morgan fingerprint density at radius 1 is 1.11 bits per heavy atom. The molecule has 3 heterocycles. The maximum Gasteiger partial charge on any atom is 0.301 e. The van der Waals surface area contributed by atoms with E-state index < -0.39 is 17.7 Å². The summed E-state index contributed by atoms with van der Waals surface area (Å²) in [5.74, 6) is -0.403. The van der Waals surface area contributed by atoms with Crippen molar-refractivity contribution in [1.82, 2.24) is 9.97 Å². The summed E-state index contributed by atoms with van der Waals surface area (Å²) in [5.41, 5.74) is 2.48. The third-order valence-electron chi connectivity index (χ3n) is 6.22. The highest BCUT2D eigenvalue weighted by atomic mass is 32.1. The van der Waals surface area contributed by atoms with Crippen LogP contribution in [0.5, 0.6) is 11.5 Å². The van der Waals surface area contributed by atoms with Crippen molar-refractivity contribution in [3.05, 3.63) is 83.2 Å². The van der Waals surface area contributed by atoms with Crippen LogP contribution in [0, 0.1) is 6.92 Å². The third kappa shape index (κ3) is 4.61. The second-order valence-electron chi connectivity index (χ2n) is 8.84. The summed E-state index contributed by atoms with van der Waals surface area (Å²) in [6.45, 7) is 6.90. The monoisotopic (exact) mass is 529 g/mol. The average Bonchev–Trinajstić information content (AvgIpc) is 3.46. The summed E-state index contributed by atoms with van der Waals surface area (Å²) < 4.78 is 12.2. The van der Waals surface area contributed by atoms with Gasteiger partial charge in [-0.05, 0) is 73.9 Å². The lowest BCUT2D eigenvalue weighted by molar-refractivity contribution is -0.132. The SMILES string of the molecule is CCCOc1ccc(/C(O)=C2\C(=O)C(=O)N(c3nc4ccc(OCC)cc4s3)C2c2cccnc2)cc1C. The van der Waals surface area contributed by atoms with Crippen molar-refractivity contribution in [3.8, 4) is 11.5 Å². The Morgan fingerprint density at radius 2 is 1.95 bits per heavy atom. The summed E-state index contributed by atoms with van der Waals surface area (Å²) in [6.07, 6.45) is 4.07. The number of benzene rings is 2. The fourth-order valence-electron chi connectivity index (χ4n) is 4.46. The standard InChI is InChI=1S/C29H27N3O5S/c1-4-13-37-22-11-8-18(14-17(22)3)26(33)24-25(19-7-6-12-30-16-19)32(28(35)27(24)34)29-31-21-10-9-20(36-5-2)15-23(21)38-29/h6-12,14-16,25,33H,4-5,13H2,1-3H3/b26-24+. The maximum absolute atomic E-state index is 13.5. The van der Waals surface area contributed by atoms with E-state index in [-0.39, 0.29) is 11.3 Å². The summed E-state index contributed by atoms with van der Waals surface area (Å²) in [7, 11) is 0. The number of ether oxygens (including phenoxy) is 2. The second-order valence-corrected chi connectivity index (χ2v) is 9.85. The number of Topliss-reactive ketones (excluding diaryl/α,β-unsaturated/α-hetero) is 1. The van der Waals surface area contributed by atoms with Crippen molar-refractivity contribution < 1.29 is 24.2 Å². The first-order chi connectivity index (χ1) is 18.4. The molecule has 1 unspecified atom stereocenters. The predicted octanol–water partition coefficient (Wildman–Crippen LogP) is 5.81. The molecule has 2 aromatic carbocycles. The normalized spacial score (nSPS) is 16.8. The van der Waals surface area contributed by atoms with Gasteiger partial charge in [0, 0.05) is 18.0 Å². The number of aliphatic hydroxyl groups excluding tert-OH is 1. The first-order valence-electron chi connectivity index (χ1n) is 12.4. The number of carbonyl (C=O) groups is 2. The van der Waals surface area contributed by atoms with Crippen LogP contribution < -0.4 is 14.4 Å². The molecule has 1 N–H and O–H groups in total. The number of nitrogens with zero attached hydrogens (tertiary/aromatic N) is 3. The fourth-order valence-corrected chi connectivity index (χ4v) is 5.48. The molecule has 1 aliphatic heterocycles. The highest BCUT2D eigenvalue weighted by Gasteiger charge is 2.48. The zero-order valence-electron chi connectivity index (χ0n) is 21.3. The fraction of sp³-hybridized carbons (Fsp3) is 0.241. The molecule has 194 valence electrons. The van der Waals surface area contributed by atoms with Crippen molar-refractivity contribution in [2.24, 2.45) is 0 Å². The Balaban J connectivity index is 1.63. The zero-order valence-corrected chi connectivity index (χ0v) is 22.1. The molecule has 1 saturated heterocycles. The number of rotatable bonds is 8. The molecular formula is C29H27N3O5S. The minimum atomic E-state index is -0.896. The molecule has 9 heteroatoms. The zero-order chi connectivity index (χ0) is 26.8. The molecule has 8 nitrogen and oxygen atoms in total. The van der Waals surface area contributed by atoms with Gasteiger partial charge in [-0.2, -0.15) is 0 Å². The highest BCUT2D eigenvalue weighted by Crippen LogP contribution is 2.44. The van der Waals surface area contributed by atoms with E-state index in [1.165, 1.54) is 16.2 Å². The lowest BCUT2D eigenvalue weighted by Crippen LogP contribution is -2.29. The molecular weight excluding hydrogens is 502 g/mol. The molecule has 0 saturated carbocycles.